The van der Waals surface area contributed by atoms with Gasteiger partial charge < -0.3 is 4.98 Å². The van der Waals surface area contributed by atoms with Crippen molar-refractivity contribution in [1.82, 2.24) is 9.97 Å². The number of aromatic nitrogens is 2. The summed E-state index contributed by atoms with van der Waals surface area (Å²) in [4.78, 5) is 7.34. The van der Waals surface area contributed by atoms with E-state index in [9.17, 15) is 0 Å². The number of fused-ring (bicyclic) bond motifs is 1. The van der Waals surface area contributed by atoms with Crippen LogP contribution in [0.1, 0.15) is 11.1 Å². The van der Waals surface area contributed by atoms with Crippen molar-refractivity contribution in [3.8, 4) is 0 Å². The molecule has 1 aromatic heterocycles. The van der Waals surface area contributed by atoms with Crippen molar-refractivity contribution in [3.63, 3.8) is 0 Å². The van der Waals surface area contributed by atoms with Crippen LogP contribution in [0.25, 0.3) is 21.1 Å². The minimum Gasteiger partial charge on any atom is -0.345 e. The highest BCUT2D eigenvalue weighted by Gasteiger charge is 2.11. The topological polar surface area (TPSA) is 28.7 Å². The predicted molar refractivity (Wildman–Crippen MR) is 81.1 cm³/mol. The minimum absolute atomic E-state index is 0.505. The van der Waals surface area contributed by atoms with Crippen LogP contribution in [0.15, 0.2) is 54.9 Å². The number of halogens is 2. The molecule has 3 rings (SSSR count). The van der Waals surface area contributed by atoms with Crippen molar-refractivity contribution in [3.05, 3.63) is 66.0 Å². The van der Waals surface area contributed by atoms with Gasteiger partial charge in [-0.3, -0.25) is 0 Å². The van der Waals surface area contributed by atoms with Gasteiger partial charge >= 0.3 is 0 Å². The zero-order valence-electron chi connectivity index (χ0n) is 9.90. The molecule has 19 heavy (non-hydrogen) atoms. The van der Waals surface area contributed by atoms with Gasteiger partial charge in [-0.2, -0.15) is 0 Å². The molecule has 0 saturated carbocycles. The molecule has 0 spiro atoms. The van der Waals surface area contributed by atoms with Gasteiger partial charge in [0.2, 0.25) is 0 Å². The van der Waals surface area contributed by atoms with Gasteiger partial charge in [0, 0.05) is 5.56 Å². The molecule has 0 aliphatic heterocycles. The average molecular weight is 289 g/mol. The predicted octanol–water partition coefficient (Wildman–Crippen LogP) is 4.87. The van der Waals surface area contributed by atoms with E-state index in [4.69, 9.17) is 23.2 Å². The lowest BCUT2D eigenvalue weighted by atomic mass is 10.1. The van der Waals surface area contributed by atoms with Gasteiger partial charge in [0.15, 0.2) is 0 Å². The highest BCUT2D eigenvalue weighted by Crippen LogP contribution is 2.34. The number of nitrogens with zero attached hydrogens (tertiary/aromatic N) is 1. The van der Waals surface area contributed by atoms with Crippen LogP contribution in [0.4, 0.5) is 0 Å². The average Bonchev–Trinajstić information content (AvgIpc) is 2.95. The number of imidazole rings is 1. The summed E-state index contributed by atoms with van der Waals surface area (Å²) < 4.78 is 0. The van der Waals surface area contributed by atoms with E-state index in [0.29, 0.717) is 10.1 Å². The minimum atomic E-state index is 0.505. The summed E-state index contributed by atoms with van der Waals surface area (Å²) >= 11 is 12.8. The third-order valence-corrected chi connectivity index (χ3v) is 3.80. The third kappa shape index (κ3) is 2.25. The number of nitrogens with one attached hydrogen (secondary N) is 1. The van der Waals surface area contributed by atoms with E-state index in [2.05, 4.69) is 9.97 Å². The van der Waals surface area contributed by atoms with E-state index in [0.717, 1.165) is 22.2 Å². The van der Waals surface area contributed by atoms with Crippen molar-refractivity contribution in [1.29, 1.82) is 0 Å². The molecule has 94 valence electrons. The molecule has 0 aliphatic rings. The molecular formula is C15H10Cl2N2. The van der Waals surface area contributed by atoms with Gasteiger partial charge in [-0.15, -0.1) is 0 Å². The molecule has 1 heterocycles. The molecule has 1 N–H and O–H groups in total. The fourth-order valence-corrected chi connectivity index (χ4v) is 2.46. The standard InChI is InChI=1S/C15H10Cl2N2/c16-13(10-5-2-1-3-6-10)14(17)11-7-4-8-12-15(11)19-9-18-12/h1-9H,(H,18,19). The molecule has 0 fully saturated rings. The number of benzene rings is 2. The number of para-hydroxylation sites is 1. The van der Waals surface area contributed by atoms with E-state index < -0.39 is 0 Å². The highest BCUT2D eigenvalue weighted by atomic mass is 35.5. The van der Waals surface area contributed by atoms with Gasteiger partial charge in [0.05, 0.1) is 27.4 Å². The van der Waals surface area contributed by atoms with Gasteiger partial charge in [0.1, 0.15) is 0 Å². The molecule has 4 heteroatoms. The number of hydrogen-bond donors (Lipinski definition) is 1. The maximum Gasteiger partial charge on any atom is 0.0970 e. The van der Waals surface area contributed by atoms with Gasteiger partial charge in [-0.1, -0.05) is 65.7 Å². The second kappa shape index (κ2) is 5.08. The Labute approximate surface area is 120 Å². The van der Waals surface area contributed by atoms with Crippen LogP contribution in [-0.2, 0) is 0 Å². The van der Waals surface area contributed by atoms with Gasteiger partial charge in [-0.05, 0) is 11.6 Å². The Bertz CT molecular complexity index is 745. The molecule has 2 nitrogen and oxygen atoms in total. The Morgan fingerprint density at radius 3 is 2.47 bits per heavy atom. The molecule has 0 bridgehead atoms. The summed E-state index contributed by atoms with van der Waals surface area (Å²) in [6.07, 6.45) is 1.65. The van der Waals surface area contributed by atoms with Crippen LogP contribution in [0, 0.1) is 0 Å². The van der Waals surface area contributed by atoms with Crippen molar-refractivity contribution in [2.45, 2.75) is 0 Å². The Morgan fingerprint density at radius 2 is 1.68 bits per heavy atom. The third-order valence-electron chi connectivity index (χ3n) is 2.91. The normalized spacial score (nSPS) is 12.5. The Hall–Kier alpha value is -1.77. The maximum atomic E-state index is 6.42. The molecule has 2 aromatic carbocycles. The van der Waals surface area contributed by atoms with Crippen LogP contribution < -0.4 is 0 Å². The monoisotopic (exact) mass is 288 g/mol. The van der Waals surface area contributed by atoms with Crippen LogP contribution in [0.3, 0.4) is 0 Å². The lowest BCUT2D eigenvalue weighted by Crippen LogP contribution is -1.84. The van der Waals surface area contributed by atoms with Crippen LogP contribution in [0.5, 0.6) is 0 Å². The van der Waals surface area contributed by atoms with Crippen LogP contribution in [-0.4, -0.2) is 9.97 Å². The summed E-state index contributed by atoms with van der Waals surface area (Å²) in [6.45, 7) is 0. The van der Waals surface area contributed by atoms with E-state index in [1.165, 1.54) is 0 Å². The van der Waals surface area contributed by atoms with Crippen molar-refractivity contribution >= 4 is 44.3 Å². The van der Waals surface area contributed by atoms with Crippen molar-refractivity contribution < 1.29 is 0 Å². The second-order valence-corrected chi connectivity index (χ2v) is 4.85. The van der Waals surface area contributed by atoms with Crippen molar-refractivity contribution in [2.24, 2.45) is 0 Å². The lowest BCUT2D eigenvalue weighted by molar-refractivity contribution is 1.34. The first-order chi connectivity index (χ1) is 9.27. The Kier molecular flexibility index (Phi) is 3.28. The summed E-state index contributed by atoms with van der Waals surface area (Å²) in [7, 11) is 0. The number of aromatic amines is 1. The molecule has 0 saturated heterocycles. The highest BCUT2D eigenvalue weighted by molar-refractivity contribution is 6.65. The fraction of sp³-hybridized carbons (Fsp3) is 0. The summed E-state index contributed by atoms with van der Waals surface area (Å²) in [5, 5.41) is 1.03. The molecule has 0 unspecified atom stereocenters. The first-order valence-corrected chi connectivity index (χ1v) is 6.56. The summed E-state index contributed by atoms with van der Waals surface area (Å²) in [5.41, 5.74) is 3.48. The quantitative estimate of drug-likeness (QED) is 0.670. The summed E-state index contributed by atoms with van der Waals surface area (Å²) in [6, 6.07) is 15.4. The van der Waals surface area contributed by atoms with E-state index >= 15 is 0 Å². The maximum absolute atomic E-state index is 6.42. The van der Waals surface area contributed by atoms with E-state index in [1.54, 1.807) is 6.33 Å². The molecule has 0 atom stereocenters. The fourth-order valence-electron chi connectivity index (χ4n) is 1.97. The number of hydrogen-bond acceptors (Lipinski definition) is 1. The SMILES string of the molecule is ClC(=C(Cl)c1cccc2[nH]cnc12)c1ccccc1. The van der Waals surface area contributed by atoms with Gasteiger partial charge in [-0.25, -0.2) is 4.98 Å². The van der Waals surface area contributed by atoms with E-state index in [-0.39, 0.29) is 0 Å². The van der Waals surface area contributed by atoms with Crippen LogP contribution >= 0.6 is 23.2 Å². The summed E-state index contributed by atoms with van der Waals surface area (Å²) in [5.74, 6) is 0. The zero-order chi connectivity index (χ0) is 13.2. The van der Waals surface area contributed by atoms with Crippen LogP contribution in [0.2, 0.25) is 0 Å². The van der Waals surface area contributed by atoms with Crippen molar-refractivity contribution in [2.75, 3.05) is 0 Å². The number of H-pyrrole nitrogens is 1. The zero-order valence-corrected chi connectivity index (χ0v) is 11.4. The molecule has 3 aromatic rings. The number of rotatable bonds is 2. The lowest BCUT2D eigenvalue weighted by Gasteiger charge is -2.05. The second-order valence-electron chi connectivity index (χ2n) is 4.10. The Morgan fingerprint density at radius 1 is 0.895 bits per heavy atom. The molecular weight excluding hydrogens is 279 g/mol. The molecule has 0 amide bonds. The smallest absolute Gasteiger partial charge is 0.0970 e. The Balaban J connectivity index is 2.18. The first-order valence-electron chi connectivity index (χ1n) is 5.80. The largest absolute Gasteiger partial charge is 0.345 e. The molecule has 0 aliphatic carbocycles. The first kappa shape index (κ1) is 12.3. The van der Waals surface area contributed by atoms with E-state index in [1.807, 2.05) is 48.5 Å². The molecule has 0 radical (unpaired) electrons. The van der Waals surface area contributed by atoms with Gasteiger partial charge in [0.25, 0.3) is 0 Å².